The van der Waals surface area contributed by atoms with Crippen molar-refractivity contribution in [3.05, 3.63) is 34.9 Å². The molecular formula is C15H24ClNO. The predicted molar refractivity (Wildman–Crippen MR) is 78.3 cm³/mol. The summed E-state index contributed by atoms with van der Waals surface area (Å²) in [5.74, 6) is 0.474. The molecule has 0 aliphatic rings. The van der Waals surface area contributed by atoms with Gasteiger partial charge in [-0.1, -0.05) is 30.7 Å². The van der Waals surface area contributed by atoms with Crippen LogP contribution < -0.4 is 0 Å². The third kappa shape index (κ3) is 4.60. The van der Waals surface area contributed by atoms with Crippen LogP contribution in [0.25, 0.3) is 0 Å². The summed E-state index contributed by atoms with van der Waals surface area (Å²) in [6.07, 6.45) is 1.93. The summed E-state index contributed by atoms with van der Waals surface area (Å²) in [7, 11) is 2.15. The van der Waals surface area contributed by atoms with Crippen molar-refractivity contribution in [3.63, 3.8) is 0 Å². The Hall–Kier alpha value is -0.570. The number of halogens is 1. The van der Waals surface area contributed by atoms with E-state index in [2.05, 4.69) is 37.9 Å². The van der Waals surface area contributed by atoms with Gasteiger partial charge in [0.15, 0.2) is 0 Å². The highest BCUT2D eigenvalue weighted by Crippen LogP contribution is 2.23. The Morgan fingerprint density at radius 1 is 1.17 bits per heavy atom. The van der Waals surface area contributed by atoms with Crippen LogP contribution in [0.5, 0.6) is 0 Å². The number of hydrogen-bond acceptors (Lipinski definition) is 2. The molecule has 0 heterocycles. The van der Waals surface area contributed by atoms with Gasteiger partial charge in [0.05, 0.1) is 0 Å². The van der Waals surface area contributed by atoms with Gasteiger partial charge in [0.25, 0.3) is 0 Å². The van der Waals surface area contributed by atoms with Gasteiger partial charge in [-0.2, -0.15) is 0 Å². The van der Waals surface area contributed by atoms with E-state index in [1.165, 1.54) is 5.56 Å². The normalized spacial score (nSPS) is 14.8. The summed E-state index contributed by atoms with van der Waals surface area (Å²) in [5, 5.41) is 9.59. The molecule has 0 spiro atoms. The topological polar surface area (TPSA) is 23.5 Å². The summed E-state index contributed by atoms with van der Waals surface area (Å²) in [4.78, 5) is 2.36. The second kappa shape index (κ2) is 7.78. The molecule has 2 nitrogen and oxygen atoms in total. The van der Waals surface area contributed by atoms with Crippen LogP contribution in [0.4, 0.5) is 0 Å². The fraction of sp³-hybridized carbons (Fsp3) is 0.600. The van der Waals surface area contributed by atoms with Crippen molar-refractivity contribution in [2.75, 3.05) is 20.2 Å². The Kier molecular flexibility index (Phi) is 6.69. The highest BCUT2D eigenvalue weighted by molar-refractivity contribution is 6.30. The molecular weight excluding hydrogens is 246 g/mol. The summed E-state index contributed by atoms with van der Waals surface area (Å²) in [6.45, 7) is 5.81. The molecule has 18 heavy (non-hydrogen) atoms. The Labute approximate surface area is 116 Å². The van der Waals surface area contributed by atoms with Crippen molar-refractivity contribution >= 4 is 11.6 Å². The number of nitrogens with zero attached hydrogens (tertiary/aromatic N) is 1. The van der Waals surface area contributed by atoms with E-state index in [1.807, 2.05) is 12.1 Å². The molecule has 0 bridgehead atoms. The monoisotopic (exact) mass is 269 g/mol. The molecule has 3 heteroatoms. The molecule has 2 atom stereocenters. The molecule has 0 saturated carbocycles. The van der Waals surface area contributed by atoms with Gasteiger partial charge in [0.1, 0.15) is 0 Å². The number of rotatable bonds is 7. The summed E-state index contributed by atoms with van der Waals surface area (Å²) >= 11 is 5.91. The SMILES string of the molecule is CC(c1ccc(Cl)cc1)C(C)N(C)CCCCO. The molecule has 1 N–H and O–H groups in total. The van der Waals surface area contributed by atoms with E-state index in [-0.39, 0.29) is 6.61 Å². The van der Waals surface area contributed by atoms with Crippen molar-refractivity contribution in [3.8, 4) is 0 Å². The van der Waals surface area contributed by atoms with E-state index in [1.54, 1.807) is 0 Å². The van der Waals surface area contributed by atoms with Crippen LogP contribution in [0.15, 0.2) is 24.3 Å². The van der Waals surface area contributed by atoms with Crippen LogP contribution >= 0.6 is 11.6 Å². The van der Waals surface area contributed by atoms with Gasteiger partial charge in [-0.15, -0.1) is 0 Å². The van der Waals surface area contributed by atoms with Crippen molar-refractivity contribution in [2.24, 2.45) is 0 Å². The van der Waals surface area contributed by atoms with Gasteiger partial charge in [-0.05, 0) is 57.0 Å². The van der Waals surface area contributed by atoms with Crippen molar-refractivity contribution in [1.29, 1.82) is 0 Å². The lowest BCUT2D eigenvalue weighted by Gasteiger charge is -2.30. The fourth-order valence-corrected chi connectivity index (χ4v) is 2.23. The highest BCUT2D eigenvalue weighted by atomic mass is 35.5. The molecule has 102 valence electrons. The molecule has 2 unspecified atom stereocenters. The van der Waals surface area contributed by atoms with Gasteiger partial charge in [0, 0.05) is 17.7 Å². The van der Waals surface area contributed by atoms with Crippen molar-refractivity contribution in [1.82, 2.24) is 4.90 Å². The van der Waals surface area contributed by atoms with Gasteiger partial charge in [-0.25, -0.2) is 0 Å². The summed E-state index contributed by atoms with van der Waals surface area (Å²) < 4.78 is 0. The smallest absolute Gasteiger partial charge is 0.0431 e. The lowest BCUT2D eigenvalue weighted by molar-refractivity contribution is 0.214. The van der Waals surface area contributed by atoms with Crippen LogP contribution in [0.2, 0.25) is 5.02 Å². The largest absolute Gasteiger partial charge is 0.396 e. The average Bonchev–Trinajstić information content (AvgIpc) is 2.38. The first-order valence-corrected chi connectivity index (χ1v) is 7.00. The second-order valence-corrected chi connectivity index (χ2v) is 5.43. The Balaban J connectivity index is 2.54. The Morgan fingerprint density at radius 2 is 1.78 bits per heavy atom. The summed E-state index contributed by atoms with van der Waals surface area (Å²) in [5.41, 5.74) is 1.32. The lowest BCUT2D eigenvalue weighted by atomic mass is 9.93. The van der Waals surface area contributed by atoms with Crippen LogP contribution in [0.1, 0.15) is 38.2 Å². The van der Waals surface area contributed by atoms with Crippen LogP contribution in [-0.2, 0) is 0 Å². The molecule has 0 aliphatic carbocycles. The highest BCUT2D eigenvalue weighted by Gasteiger charge is 2.18. The first-order chi connectivity index (χ1) is 8.56. The average molecular weight is 270 g/mol. The number of aliphatic hydroxyl groups is 1. The third-order valence-corrected chi connectivity index (χ3v) is 3.99. The van der Waals surface area contributed by atoms with E-state index < -0.39 is 0 Å². The molecule has 0 radical (unpaired) electrons. The minimum atomic E-state index is 0.287. The zero-order valence-corrected chi connectivity index (χ0v) is 12.3. The molecule has 0 amide bonds. The standard InChI is InChI=1S/C15H24ClNO/c1-12(14-6-8-15(16)9-7-14)13(2)17(3)10-4-5-11-18/h6-9,12-13,18H,4-5,10-11H2,1-3H3. The minimum absolute atomic E-state index is 0.287. The zero-order chi connectivity index (χ0) is 13.5. The van der Waals surface area contributed by atoms with E-state index in [4.69, 9.17) is 16.7 Å². The van der Waals surface area contributed by atoms with E-state index in [0.717, 1.165) is 24.4 Å². The fourth-order valence-electron chi connectivity index (χ4n) is 2.10. The molecule has 0 aliphatic heterocycles. The maximum Gasteiger partial charge on any atom is 0.0431 e. The molecule has 0 fully saturated rings. The minimum Gasteiger partial charge on any atom is -0.396 e. The van der Waals surface area contributed by atoms with Crippen LogP contribution in [-0.4, -0.2) is 36.2 Å². The first-order valence-electron chi connectivity index (χ1n) is 6.62. The maximum atomic E-state index is 8.80. The molecule has 1 aromatic rings. The first kappa shape index (κ1) is 15.5. The van der Waals surface area contributed by atoms with Crippen molar-refractivity contribution in [2.45, 2.75) is 38.6 Å². The van der Waals surface area contributed by atoms with E-state index >= 15 is 0 Å². The Bertz CT molecular complexity index is 339. The molecule has 1 aromatic carbocycles. The molecule has 0 aromatic heterocycles. The second-order valence-electron chi connectivity index (χ2n) is 4.99. The maximum absolute atomic E-state index is 8.80. The number of benzene rings is 1. The number of hydrogen-bond donors (Lipinski definition) is 1. The van der Waals surface area contributed by atoms with E-state index in [9.17, 15) is 0 Å². The van der Waals surface area contributed by atoms with Crippen LogP contribution in [0, 0.1) is 0 Å². The Morgan fingerprint density at radius 3 is 2.33 bits per heavy atom. The van der Waals surface area contributed by atoms with Gasteiger partial charge in [0.2, 0.25) is 0 Å². The van der Waals surface area contributed by atoms with Gasteiger partial charge in [-0.3, -0.25) is 0 Å². The molecule has 0 saturated heterocycles. The van der Waals surface area contributed by atoms with Crippen LogP contribution in [0.3, 0.4) is 0 Å². The zero-order valence-electron chi connectivity index (χ0n) is 11.6. The third-order valence-electron chi connectivity index (χ3n) is 3.73. The van der Waals surface area contributed by atoms with Crippen molar-refractivity contribution < 1.29 is 5.11 Å². The lowest BCUT2D eigenvalue weighted by Crippen LogP contribution is -2.34. The predicted octanol–water partition coefficient (Wildman–Crippen LogP) is 3.54. The molecule has 1 rings (SSSR count). The number of unbranched alkanes of at least 4 members (excludes halogenated alkanes) is 1. The quantitative estimate of drug-likeness (QED) is 0.766. The van der Waals surface area contributed by atoms with Gasteiger partial charge < -0.3 is 10.0 Å². The number of aliphatic hydroxyl groups excluding tert-OH is 1. The van der Waals surface area contributed by atoms with Gasteiger partial charge >= 0.3 is 0 Å². The summed E-state index contributed by atoms with van der Waals surface area (Å²) in [6, 6.07) is 8.58. The van der Waals surface area contributed by atoms with E-state index in [0.29, 0.717) is 12.0 Å². The number of likely N-dealkylation sites (N-methyl/N-ethyl adjacent to an activating group) is 1.